The average Bonchev–Trinajstić information content (AvgIpc) is 2.25. The fourth-order valence-corrected chi connectivity index (χ4v) is 1.81. The Morgan fingerprint density at radius 3 is 3.00 bits per heavy atom. The van der Waals surface area contributed by atoms with Crippen LogP contribution < -0.4 is 10.6 Å². The van der Waals surface area contributed by atoms with Crippen LogP contribution in [0.5, 0.6) is 0 Å². The first-order valence-corrected chi connectivity index (χ1v) is 5.83. The number of nitrogens with one attached hydrogen (secondary N) is 2. The summed E-state index contributed by atoms with van der Waals surface area (Å²) in [5.74, 6) is 0.457. The van der Waals surface area contributed by atoms with Gasteiger partial charge in [-0.05, 0) is 25.8 Å². The number of piperidine rings is 1. The molecule has 2 N–H and O–H groups in total. The average molecular weight is 198 g/mol. The lowest BCUT2D eigenvalue weighted by Crippen LogP contribution is -2.40. The minimum absolute atomic E-state index is 0.213. The highest BCUT2D eigenvalue weighted by Crippen LogP contribution is 2.09. The molecule has 0 bridgehead atoms. The maximum Gasteiger partial charge on any atom is 0.224 e. The lowest BCUT2D eigenvalue weighted by atomic mass is 9.99. The predicted molar refractivity (Wildman–Crippen MR) is 58.1 cm³/mol. The van der Waals surface area contributed by atoms with E-state index >= 15 is 0 Å². The molecular formula is C11H22N2O. The van der Waals surface area contributed by atoms with Crippen LogP contribution in [0, 0.1) is 5.92 Å². The molecule has 3 nitrogen and oxygen atoms in total. The van der Waals surface area contributed by atoms with Crippen LogP contribution in [-0.2, 0) is 4.79 Å². The van der Waals surface area contributed by atoms with Crippen molar-refractivity contribution in [1.82, 2.24) is 10.6 Å². The van der Waals surface area contributed by atoms with Crippen molar-refractivity contribution in [3.05, 3.63) is 0 Å². The topological polar surface area (TPSA) is 41.1 Å². The quantitative estimate of drug-likeness (QED) is 0.654. The number of rotatable bonds is 5. The van der Waals surface area contributed by atoms with E-state index in [0.29, 0.717) is 0 Å². The Bertz CT molecular complexity index is 165. The molecule has 0 aromatic rings. The summed E-state index contributed by atoms with van der Waals surface area (Å²) in [6, 6.07) is 0. The van der Waals surface area contributed by atoms with E-state index in [9.17, 15) is 4.79 Å². The fourth-order valence-electron chi connectivity index (χ4n) is 1.81. The summed E-state index contributed by atoms with van der Waals surface area (Å²) in [5, 5.41) is 6.26. The Morgan fingerprint density at radius 1 is 1.50 bits per heavy atom. The Hall–Kier alpha value is -0.570. The van der Waals surface area contributed by atoms with Crippen LogP contribution in [0.25, 0.3) is 0 Å². The third-order valence-electron chi connectivity index (χ3n) is 2.75. The second-order valence-electron chi connectivity index (χ2n) is 4.04. The second kappa shape index (κ2) is 6.82. The summed E-state index contributed by atoms with van der Waals surface area (Å²) in [6.45, 7) is 4.95. The van der Waals surface area contributed by atoms with Crippen LogP contribution in [0.15, 0.2) is 0 Å². The molecule has 14 heavy (non-hydrogen) atoms. The maximum absolute atomic E-state index is 11.6. The number of carbonyl (C=O) groups excluding carboxylic acids is 1. The molecule has 0 aromatic carbocycles. The number of hydrogen-bond donors (Lipinski definition) is 2. The van der Waals surface area contributed by atoms with Gasteiger partial charge in [0, 0.05) is 13.1 Å². The molecule has 1 fully saturated rings. The molecule has 0 aromatic heterocycles. The van der Waals surface area contributed by atoms with E-state index in [1.807, 2.05) is 0 Å². The first-order chi connectivity index (χ1) is 6.84. The molecule has 1 rings (SSSR count). The second-order valence-corrected chi connectivity index (χ2v) is 4.04. The predicted octanol–water partition coefficient (Wildman–Crippen LogP) is 1.29. The Kier molecular flexibility index (Phi) is 5.60. The number of amides is 1. The zero-order valence-electron chi connectivity index (χ0n) is 9.14. The van der Waals surface area contributed by atoms with Gasteiger partial charge in [0.05, 0.1) is 5.92 Å². The molecule has 1 amide bonds. The van der Waals surface area contributed by atoms with Crippen molar-refractivity contribution in [2.24, 2.45) is 5.92 Å². The summed E-state index contributed by atoms with van der Waals surface area (Å²) in [6.07, 6.45) is 5.71. The number of hydrogen-bond acceptors (Lipinski definition) is 2. The molecule has 1 atom stereocenters. The number of unbranched alkanes of at least 4 members (excludes halogenated alkanes) is 2. The van der Waals surface area contributed by atoms with E-state index in [1.54, 1.807) is 0 Å². The van der Waals surface area contributed by atoms with Gasteiger partial charge in [0.15, 0.2) is 0 Å². The van der Waals surface area contributed by atoms with Crippen molar-refractivity contribution in [3.63, 3.8) is 0 Å². The van der Waals surface area contributed by atoms with Crippen LogP contribution >= 0.6 is 0 Å². The summed E-state index contributed by atoms with van der Waals surface area (Å²) in [5.41, 5.74) is 0. The van der Waals surface area contributed by atoms with E-state index < -0.39 is 0 Å². The molecule has 82 valence electrons. The van der Waals surface area contributed by atoms with Crippen molar-refractivity contribution in [2.75, 3.05) is 19.6 Å². The first kappa shape index (κ1) is 11.5. The van der Waals surface area contributed by atoms with Crippen molar-refractivity contribution < 1.29 is 4.79 Å². The van der Waals surface area contributed by atoms with Crippen LogP contribution in [-0.4, -0.2) is 25.5 Å². The first-order valence-electron chi connectivity index (χ1n) is 5.83. The highest BCUT2D eigenvalue weighted by molar-refractivity contribution is 5.78. The molecule has 0 radical (unpaired) electrons. The van der Waals surface area contributed by atoms with Gasteiger partial charge in [-0.3, -0.25) is 4.79 Å². The maximum atomic E-state index is 11.6. The molecule has 0 aliphatic carbocycles. The van der Waals surface area contributed by atoms with Gasteiger partial charge < -0.3 is 10.6 Å². The van der Waals surface area contributed by atoms with E-state index in [2.05, 4.69) is 17.6 Å². The van der Waals surface area contributed by atoms with Gasteiger partial charge in [0.2, 0.25) is 5.91 Å². The molecule has 0 spiro atoms. The van der Waals surface area contributed by atoms with Crippen molar-refractivity contribution in [3.8, 4) is 0 Å². The van der Waals surface area contributed by atoms with Crippen molar-refractivity contribution in [2.45, 2.75) is 39.0 Å². The molecule has 1 saturated heterocycles. The van der Waals surface area contributed by atoms with Gasteiger partial charge in [0.25, 0.3) is 0 Å². The van der Waals surface area contributed by atoms with Crippen LogP contribution in [0.1, 0.15) is 39.0 Å². The standard InChI is InChI=1S/C11H22N2O/c1-2-3-4-8-13-11(14)10-6-5-7-12-9-10/h10,12H,2-9H2,1H3,(H,13,14)/t10-/m1/s1. The largest absolute Gasteiger partial charge is 0.356 e. The van der Waals surface area contributed by atoms with E-state index in [-0.39, 0.29) is 11.8 Å². The van der Waals surface area contributed by atoms with Crippen molar-refractivity contribution in [1.29, 1.82) is 0 Å². The Labute approximate surface area is 86.6 Å². The van der Waals surface area contributed by atoms with E-state index in [4.69, 9.17) is 0 Å². The minimum atomic E-state index is 0.213. The Morgan fingerprint density at radius 2 is 2.36 bits per heavy atom. The third kappa shape index (κ3) is 4.09. The molecule has 1 heterocycles. The highest BCUT2D eigenvalue weighted by Gasteiger charge is 2.19. The SMILES string of the molecule is CCCCCNC(=O)[C@@H]1CCCNC1. The fraction of sp³-hybridized carbons (Fsp3) is 0.909. The minimum Gasteiger partial charge on any atom is -0.356 e. The van der Waals surface area contributed by atoms with E-state index in [1.165, 1.54) is 12.8 Å². The summed E-state index contributed by atoms with van der Waals surface area (Å²) in [4.78, 5) is 11.6. The molecule has 0 saturated carbocycles. The highest BCUT2D eigenvalue weighted by atomic mass is 16.1. The monoisotopic (exact) mass is 198 g/mol. The molecule has 0 unspecified atom stereocenters. The van der Waals surface area contributed by atoms with Gasteiger partial charge in [-0.15, -0.1) is 0 Å². The van der Waals surface area contributed by atoms with Crippen LogP contribution in [0.4, 0.5) is 0 Å². The van der Waals surface area contributed by atoms with Crippen LogP contribution in [0.2, 0.25) is 0 Å². The molecule has 1 aliphatic rings. The van der Waals surface area contributed by atoms with Crippen LogP contribution in [0.3, 0.4) is 0 Å². The summed E-state index contributed by atoms with van der Waals surface area (Å²) >= 11 is 0. The van der Waals surface area contributed by atoms with Gasteiger partial charge in [0.1, 0.15) is 0 Å². The number of carbonyl (C=O) groups is 1. The Balaban J connectivity index is 2.07. The molecular weight excluding hydrogens is 176 g/mol. The molecule has 1 aliphatic heterocycles. The molecule has 3 heteroatoms. The zero-order valence-corrected chi connectivity index (χ0v) is 9.14. The smallest absolute Gasteiger partial charge is 0.224 e. The summed E-state index contributed by atoms with van der Waals surface area (Å²) in [7, 11) is 0. The van der Waals surface area contributed by atoms with Gasteiger partial charge >= 0.3 is 0 Å². The normalized spacial score (nSPS) is 21.9. The van der Waals surface area contributed by atoms with Gasteiger partial charge in [-0.25, -0.2) is 0 Å². The lowest BCUT2D eigenvalue weighted by Gasteiger charge is -2.21. The third-order valence-corrected chi connectivity index (χ3v) is 2.75. The van der Waals surface area contributed by atoms with Gasteiger partial charge in [-0.1, -0.05) is 19.8 Å². The van der Waals surface area contributed by atoms with Crippen molar-refractivity contribution >= 4 is 5.91 Å². The zero-order chi connectivity index (χ0) is 10.2. The lowest BCUT2D eigenvalue weighted by molar-refractivity contribution is -0.125. The summed E-state index contributed by atoms with van der Waals surface area (Å²) < 4.78 is 0. The van der Waals surface area contributed by atoms with Gasteiger partial charge in [-0.2, -0.15) is 0 Å². The van der Waals surface area contributed by atoms with E-state index in [0.717, 1.165) is 38.9 Å².